The summed E-state index contributed by atoms with van der Waals surface area (Å²) >= 11 is 1.77. The van der Waals surface area contributed by atoms with Gasteiger partial charge in [-0.1, -0.05) is 12.1 Å². The second kappa shape index (κ2) is 6.12. The molecule has 104 valence electrons. The van der Waals surface area contributed by atoms with Crippen molar-refractivity contribution in [2.45, 2.75) is 12.3 Å². The Kier molecular flexibility index (Phi) is 4.48. The van der Waals surface area contributed by atoms with Gasteiger partial charge in [-0.15, -0.1) is 0 Å². The number of benzene rings is 1. The smallest absolute Gasteiger partial charge is 0.312 e. The molecule has 1 heterocycles. The number of nitrogens with one attached hydrogen (secondary N) is 1. The van der Waals surface area contributed by atoms with E-state index in [1.807, 2.05) is 0 Å². The van der Waals surface area contributed by atoms with Crippen LogP contribution in [0.3, 0.4) is 0 Å². The Morgan fingerprint density at radius 1 is 1.40 bits per heavy atom. The van der Waals surface area contributed by atoms with E-state index >= 15 is 0 Å². The molecular formula is C13H10FIN2O3. The number of nitrogens with zero attached hydrogens (tertiary/aromatic N) is 1. The zero-order chi connectivity index (χ0) is 14.7. The number of aromatic amines is 1. The lowest BCUT2D eigenvalue weighted by Gasteiger charge is -2.12. The van der Waals surface area contributed by atoms with Crippen LogP contribution in [0.1, 0.15) is 17.2 Å². The Labute approximate surface area is 127 Å². The van der Waals surface area contributed by atoms with Crippen molar-refractivity contribution in [2.24, 2.45) is 0 Å². The van der Waals surface area contributed by atoms with Crippen LogP contribution in [0.15, 0.2) is 35.4 Å². The summed E-state index contributed by atoms with van der Waals surface area (Å²) in [6.07, 6.45) is 1.32. The minimum Gasteiger partial charge on any atom is -0.481 e. The maximum Gasteiger partial charge on any atom is 0.312 e. The van der Waals surface area contributed by atoms with Crippen LogP contribution in [0.5, 0.6) is 0 Å². The maximum absolute atomic E-state index is 12.8. The zero-order valence-corrected chi connectivity index (χ0v) is 12.3. The van der Waals surface area contributed by atoms with Crippen molar-refractivity contribution in [3.05, 3.63) is 61.6 Å². The molecule has 20 heavy (non-hydrogen) atoms. The van der Waals surface area contributed by atoms with Crippen LogP contribution in [-0.4, -0.2) is 21.0 Å². The highest BCUT2D eigenvalue weighted by Crippen LogP contribution is 2.22. The molecule has 0 saturated carbocycles. The molecule has 0 spiro atoms. The van der Waals surface area contributed by atoms with Crippen LogP contribution in [0.25, 0.3) is 0 Å². The summed E-state index contributed by atoms with van der Waals surface area (Å²) in [6.45, 7) is 0. The van der Waals surface area contributed by atoms with E-state index in [2.05, 4.69) is 9.97 Å². The lowest BCUT2D eigenvalue weighted by Crippen LogP contribution is -2.22. The molecule has 2 rings (SSSR count). The topological polar surface area (TPSA) is 83.0 Å². The Morgan fingerprint density at radius 3 is 2.65 bits per heavy atom. The molecule has 0 radical (unpaired) electrons. The summed E-state index contributed by atoms with van der Waals surface area (Å²) in [5.74, 6) is -2.41. The van der Waals surface area contributed by atoms with Gasteiger partial charge in [0, 0.05) is 0 Å². The number of aromatic nitrogens is 2. The van der Waals surface area contributed by atoms with Gasteiger partial charge < -0.3 is 10.1 Å². The summed E-state index contributed by atoms with van der Waals surface area (Å²) in [5.41, 5.74) is 0.504. The molecule has 0 aliphatic heterocycles. The van der Waals surface area contributed by atoms with Gasteiger partial charge in [-0.3, -0.25) is 9.59 Å². The lowest BCUT2D eigenvalue weighted by molar-refractivity contribution is -0.138. The second-order valence-electron chi connectivity index (χ2n) is 4.15. The SMILES string of the molecule is O=C(O)C(Cc1ccc(F)cc1)c1nc[nH]c(=O)c1I. The fraction of sp³-hybridized carbons (Fsp3) is 0.154. The molecule has 0 fully saturated rings. The predicted molar refractivity (Wildman–Crippen MR) is 78.1 cm³/mol. The third kappa shape index (κ3) is 3.21. The van der Waals surface area contributed by atoms with Crippen LogP contribution in [0.4, 0.5) is 4.39 Å². The van der Waals surface area contributed by atoms with Crippen LogP contribution in [-0.2, 0) is 11.2 Å². The van der Waals surface area contributed by atoms with Gasteiger partial charge in [-0.2, -0.15) is 0 Å². The van der Waals surface area contributed by atoms with Gasteiger partial charge in [-0.25, -0.2) is 9.37 Å². The number of hydrogen-bond donors (Lipinski definition) is 2. The van der Waals surface area contributed by atoms with Crippen molar-refractivity contribution in [3.63, 3.8) is 0 Å². The Morgan fingerprint density at radius 2 is 2.05 bits per heavy atom. The van der Waals surface area contributed by atoms with Crippen LogP contribution in [0.2, 0.25) is 0 Å². The van der Waals surface area contributed by atoms with Crippen LogP contribution < -0.4 is 5.56 Å². The first-order valence-corrected chi connectivity index (χ1v) is 6.77. The number of halogens is 2. The molecule has 5 nitrogen and oxygen atoms in total. The fourth-order valence-electron chi connectivity index (χ4n) is 1.80. The number of carboxylic acids is 1. The van der Waals surface area contributed by atoms with E-state index in [1.54, 1.807) is 22.6 Å². The molecule has 7 heteroatoms. The van der Waals surface area contributed by atoms with E-state index in [9.17, 15) is 19.1 Å². The molecule has 0 aliphatic rings. The molecule has 1 unspecified atom stereocenters. The molecule has 1 aromatic heterocycles. The third-order valence-electron chi connectivity index (χ3n) is 2.80. The second-order valence-corrected chi connectivity index (χ2v) is 5.23. The number of H-pyrrole nitrogens is 1. The van der Waals surface area contributed by atoms with E-state index in [4.69, 9.17) is 0 Å². The highest BCUT2D eigenvalue weighted by atomic mass is 127. The van der Waals surface area contributed by atoms with Crippen molar-refractivity contribution in [2.75, 3.05) is 0 Å². The summed E-state index contributed by atoms with van der Waals surface area (Å²) in [6, 6.07) is 5.57. The van der Waals surface area contributed by atoms with Crippen molar-refractivity contribution >= 4 is 28.6 Å². The van der Waals surface area contributed by atoms with E-state index in [0.717, 1.165) is 0 Å². The maximum atomic E-state index is 12.8. The Balaban J connectivity index is 2.37. The highest BCUT2D eigenvalue weighted by molar-refractivity contribution is 14.1. The van der Waals surface area contributed by atoms with Gasteiger partial charge in [0.15, 0.2) is 0 Å². The molecule has 1 aromatic carbocycles. The molecule has 0 amide bonds. The normalized spacial score (nSPS) is 12.1. The van der Waals surface area contributed by atoms with Crippen molar-refractivity contribution in [1.29, 1.82) is 0 Å². The van der Waals surface area contributed by atoms with Crippen molar-refractivity contribution in [3.8, 4) is 0 Å². The quantitative estimate of drug-likeness (QED) is 0.785. The largest absolute Gasteiger partial charge is 0.481 e. The Hall–Kier alpha value is -1.77. The molecule has 2 N–H and O–H groups in total. The average Bonchev–Trinajstić information content (AvgIpc) is 2.41. The zero-order valence-electron chi connectivity index (χ0n) is 10.1. The Bertz CT molecular complexity index is 685. The highest BCUT2D eigenvalue weighted by Gasteiger charge is 2.25. The summed E-state index contributed by atoms with van der Waals surface area (Å²) in [5, 5.41) is 9.33. The molecule has 0 aliphatic carbocycles. The molecular weight excluding hydrogens is 378 g/mol. The van der Waals surface area contributed by atoms with E-state index in [0.29, 0.717) is 5.56 Å². The first-order valence-electron chi connectivity index (χ1n) is 5.69. The molecule has 0 saturated heterocycles. The predicted octanol–water partition coefficient (Wildman–Crippen LogP) is 1.92. The molecule has 1 atom stereocenters. The minimum atomic E-state index is -1.08. The average molecular weight is 388 g/mol. The van der Waals surface area contributed by atoms with Gasteiger partial charge in [-0.05, 0) is 46.7 Å². The summed E-state index contributed by atoms with van der Waals surface area (Å²) in [4.78, 5) is 29.3. The number of carbonyl (C=O) groups is 1. The van der Waals surface area contributed by atoms with Crippen molar-refractivity contribution < 1.29 is 14.3 Å². The van der Waals surface area contributed by atoms with Gasteiger partial charge in [0.2, 0.25) is 0 Å². The van der Waals surface area contributed by atoms with Crippen LogP contribution in [0, 0.1) is 9.39 Å². The first kappa shape index (κ1) is 14.6. The van der Waals surface area contributed by atoms with E-state index < -0.39 is 11.9 Å². The number of rotatable bonds is 4. The van der Waals surface area contributed by atoms with Gasteiger partial charge in [0.05, 0.1) is 12.0 Å². The fourth-order valence-corrected chi connectivity index (χ4v) is 2.47. The first-order chi connectivity index (χ1) is 9.49. The van der Waals surface area contributed by atoms with Gasteiger partial charge >= 0.3 is 5.97 Å². The van der Waals surface area contributed by atoms with Crippen molar-refractivity contribution in [1.82, 2.24) is 9.97 Å². The van der Waals surface area contributed by atoms with E-state index in [-0.39, 0.29) is 27.1 Å². The standard InChI is InChI=1S/C13H10FIN2O3/c14-8-3-1-7(2-4-8)5-9(13(19)20)11-10(15)12(18)17-6-16-11/h1-4,6,9H,5H2,(H,19,20)(H,16,17,18). The molecule has 2 aromatic rings. The molecule has 0 bridgehead atoms. The summed E-state index contributed by atoms with van der Waals surface area (Å²) < 4.78 is 13.1. The van der Waals surface area contributed by atoms with Gasteiger partial charge in [0.25, 0.3) is 5.56 Å². The number of hydrogen-bond acceptors (Lipinski definition) is 3. The van der Waals surface area contributed by atoms with Gasteiger partial charge in [0.1, 0.15) is 15.3 Å². The third-order valence-corrected chi connectivity index (χ3v) is 3.85. The lowest BCUT2D eigenvalue weighted by atomic mass is 9.96. The van der Waals surface area contributed by atoms with E-state index in [1.165, 1.54) is 30.6 Å². The summed E-state index contributed by atoms with van der Waals surface area (Å²) in [7, 11) is 0. The monoisotopic (exact) mass is 388 g/mol. The minimum absolute atomic E-state index is 0.141. The van der Waals surface area contributed by atoms with Crippen LogP contribution >= 0.6 is 22.6 Å². The number of carboxylic acid groups (broad SMARTS) is 1. The number of aliphatic carboxylic acids is 1.